The first-order chi connectivity index (χ1) is 7.68. The number of hydrogen-bond acceptors (Lipinski definition) is 3. The average molecular weight is 226 g/mol. The smallest absolute Gasteiger partial charge is 0.320 e. The highest BCUT2D eigenvalue weighted by Gasteiger charge is 2.36. The SMILES string of the molecule is CN1CCCCC1CNC(C(=O)O)C1CC1. The maximum absolute atomic E-state index is 11.1. The van der Waals surface area contributed by atoms with E-state index in [1.807, 2.05) is 0 Å². The number of nitrogens with zero attached hydrogens (tertiary/aromatic N) is 1. The van der Waals surface area contributed by atoms with Gasteiger partial charge in [0.1, 0.15) is 6.04 Å². The van der Waals surface area contributed by atoms with Crippen LogP contribution in [0.1, 0.15) is 32.1 Å². The second kappa shape index (κ2) is 5.15. The van der Waals surface area contributed by atoms with Gasteiger partial charge in [0.15, 0.2) is 0 Å². The predicted molar refractivity (Wildman–Crippen MR) is 62.4 cm³/mol. The van der Waals surface area contributed by atoms with Gasteiger partial charge in [-0.3, -0.25) is 4.79 Å². The quantitative estimate of drug-likeness (QED) is 0.732. The van der Waals surface area contributed by atoms with E-state index in [0.717, 1.165) is 25.9 Å². The van der Waals surface area contributed by atoms with Gasteiger partial charge in [0.2, 0.25) is 0 Å². The lowest BCUT2D eigenvalue weighted by atomic mass is 10.0. The predicted octanol–water partition coefficient (Wildman–Crippen LogP) is 0.923. The molecule has 2 unspecified atom stereocenters. The van der Waals surface area contributed by atoms with Gasteiger partial charge < -0.3 is 15.3 Å². The number of likely N-dealkylation sites (N-methyl/N-ethyl adjacent to an activating group) is 1. The molecule has 1 aliphatic carbocycles. The topological polar surface area (TPSA) is 52.6 Å². The summed E-state index contributed by atoms with van der Waals surface area (Å²) in [5.41, 5.74) is 0. The number of aliphatic carboxylic acids is 1. The molecule has 2 N–H and O–H groups in total. The highest BCUT2D eigenvalue weighted by molar-refractivity contribution is 5.74. The maximum Gasteiger partial charge on any atom is 0.320 e. The Morgan fingerprint density at radius 1 is 1.44 bits per heavy atom. The largest absolute Gasteiger partial charge is 0.480 e. The van der Waals surface area contributed by atoms with Gasteiger partial charge >= 0.3 is 5.97 Å². The van der Waals surface area contributed by atoms with Gasteiger partial charge in [0.05, 0.1) is 0 Å². The van der Waals surface area contributed by atoms with Crippen molar-refractivity contribution in [3.63, 3.8) is 0 Å². The van der Waals surface area contributed by atoms with Crippen LogP contribution in [0.3, 0.4) is 0 Å². The summed E-state index contributed by atoms with van der Waals surface area (Å²) < 4.78 is 0. The molecule has 16 heavy (non-hydrogen) atoms. The van der Waals surface area contributed by atoms with Crippen LogP contribution in [-0.2, 0) is 4.79 Å². The van der Waals surface area contributed by atoms with Crippen molar-refractivity contribution in [1.29, 1.82) is 0 Å². The number of rotatable bonds is 5. The van der Waals surface area contributed by atoms with Crippen molar-refractivity contribution < 1.29 is 9.90 Å². The molecular formula is C12H22N2O2. The molecule has 2 fully saturated rings. The van der Waals surface area contributed by atoms with Crippen molar-refractivity contribution in [2.75, 3.05) is 20.1 Å². The van der Waals surface area contributed by atoms with Gasteiger partial charge in [0.25, 0.3) is 0 Å². The molecule has 0 aromatic rings. The highest BCUT2D eigenvalue weighted by Crippen LogP contribution is 2.32. The first kappa shape index (κ1) is 11.9. The zero-order valence-electron chi connectivity index (χ0n) is 9.98. The summed E-state index contributed by atoms with van der Waals surface area (Å²) in [5.74, 6) is -0.299. The van der Waals surface area contributed by atoms with Gasteiger partial charge in [-0.1, -0.05) is 6.42 Å². The minimum absolute atomic E-state index is 0.310. The van der Waals surface area contributed by atoms with E-state index in [4.69, 9.17) is 5.11 Å². The van der Waals surface area contributed by atoms with Crippen LogP contribution in [0.25, 0.3) is 0 Å². The molecule has 2 atom stereocenters. The molecule has 0 radical (unpaired) electrons. The fraction of sp³-hybridized carbons (Fsp3) is 0.917. The van der Waals surface area contributed by atoms with E-state index in [0.29, 0.717) is 12.0 Å². The van der Waals surface area contributed by atoms with Crippen LogP contribution in [0.5, 0.6) is 0 Å². The average Bonchev–Trinajstić information content (AvgIpc) is 3.04. The van der Waals surface area contributed by atoms with Crippen LogP contribution in [0.4, 0.5) is 0 Å². The minimum Gasteiger partial charge on any atom is -0.480 e. The summed E-state index contributed by atoms with van der Waals surface area (Å²) in [6.07, 6.45) is 5.89. The zero-order chi connectivity index (χ0) is 11.5. The molecule has 4 heteroatoms. The van der Waals surface area contributed by atoms with E-state index in [2.05, 4.69) is 17.3 Å². The number of nitrogens with one attached hydrogen (secondary N) is 1. The fourth-order valence-electron chi connectivity index (χ4n) is 2.55. The Hall–Kier alpha value is -0.610. The Bertz CT molecular complexity index is 253. The monoisotopic (exact) mass is 226 g/mol. The van der Waals surface area contributed by atoms with Crippen molar-refractivity contribution >= 4 is 5.97 Å². The molecule has 0 aromatic carbocycles. The van der Waals surface area contributed by atoms with E-state index in [-0.39, 0.29) is 6.04 Å². The number of carboxylic acids is 1. The van der Waals surface area contributed by atoms with Gasteiger partial charge in [-0.2, -0.15) is 0 Å². The number of carbonyl (C=O) groups is 1. The number of hydrogen-bond donors (Lipinski definition) is 2. The zero-order valence-corrected chi connectivity index (χ0v) is 9.98. The molecule has 1 heterocycles. The first-order valence-electron chi connectivity index (χ1n) is 6.35. The molecule has 2 aliphatic rings. The third-order valence-electron chi connectivity index (χ3n) is 3.85. The van der Waals surface area contributed by atoms with Crippen molar-refractivity contribution in [2.24, 2.45) is 5.92 Å². The van der Waals surface area contributed by atoms with Crippen LogP contribution < -0.4 is 5.32 Å². The standard InChI is InChI=1S/C12H22N2O2/c1-14-7-3-2-4-10(14)8-13-11(12(15)16)9-5-6-9/h9-11,13H,2-8H2,1H3,(H,15,16). The fourth-order valence-corrected chi connectivity index (χ4v) is 2.55. The molecule has 2 rings (SSSR count). The molecule has 0 amide bonds. The highest BCUT2D eigenvalue weighted by atomic mass is 16.4. The van der Waals surface area contributed by atoms with Gasteiger partial charge in [-0.05, 0) is 45.2 Å². The molecule has 1 aliphatic heterocycles. The second-order valence-electron chi connectivity index (χ2n) is 5.19. The van der Waals surface area contributed by atoms with E-state index in [1.165, 1.54) is 19.3 Å². The lowest BCUT2D eigenvalue weighted by Crippen LogP contribution is -2.48. The summed E-state index contributed by atoms with van der Waals surface area (Å²) >= 11 is 0. The summed E-state index contributed by atoms with van der Waals surface area (Å²) in [6.45, 7) is 1.97. The van der Waals surface area contributed by atoms with Crippen LogP contribution in [0.2, 0.25) is 0 Å². The Morgan fingerprint density at radius 3 is 2.75 bits per heavy atom. The normalized spacial score (nSPS) is 28.9. The van der Waals surface area contributed by atoms with Crippen LogP contribution >= 0.6 is 0 Å². The van der Waals surface area contributed by atoms with Crippen molar-refractivity contribution in [2.45, 2.75) is 44.2 Å². The third-order valence-corrected chi connectivity index (χ3v) is 3.85. The summed E-state index contributed by atoms with van der Waals surface area (Å²) in [7, 11) is 2.14. The Balaban J connectivity index is 1.78. The molecule has 1 saturated heterocycles. The molecule has 92 valence electrons. The Kier molecular flexibility index (Phi) is 3.82. The molecule has 4 nitrogen and oxygen atoms in total. The van der Waals surface area contributed by atoms with Crippen LogP contribution in [0.15, 0.2) is 0 Å². The van der Waals surface area contributed by atoms with Crippen LogP contribution in [0, 0.1) is 5.92 Å². The molecule has 0 aromatic heterocycles. The summed E-state index contributed by atoms with van der Waals surface area (Å²) in [6, 6.07) is 0.213. The molecule has 0 bridgehead atoms. The molecular weight excluding hydrogens is 204 g/mol. The number of piperidine rings is 1. The second-order valence-corrected chi connectivity index (χ2v) is 5.19. The van der Waals surface area contributed by atoms with Crippen molar-refractivity contribution in [3.05, 3.63) is 0 Å². The minimum atomic E-state index is -0.680. The lowest BCUT2D eigenvalue weighted by molar-refractivity contribution is -0.140. The van der Waals surface area contributed by atoms with Gasteiger partial charge in [0, 0.05) is 12.6 Å². The third kappa shape index (κ3) is 2.95. The van der Waals surface area contributed by atoms with E-state index in [1.54, 1.807) is 0 Å². The van der Waals surface area contributed by atoms with Crippen molar-refractivity contribution in [1.82, 2.24) is 10.2 Å². The number of carboxylic acid groups (broad SMARTS) is 1. The van der Waals surface area contributed by atoms with Gasteiger partial charge in [-0.25, -0.2) is 0 Å². The molecule has 0 spiro atoms. The van der Waals surface area contributed by atoms with E-state index < -0.39 is 5.97 Å². The van der Waals surface area contributed by atoms with Gasteiger partial charge in [-0.15, -0.1) is 0 Å². The molecule has 1 saturated carbocycles. The summed E-state index contributed by atoms with van der Waals surface area (Å²) in [5, 5.41) is 12.3. The lowest BCUT2D eigenvalue weighted by Gasteiger charge is -2.33. The van der Waals surface area contributed by atoms with E-state index >= 15 is 0 Å². The maximum atomic E-state index is 11.1. The van der Waals surface area contributed by atoms with E-state index in [9.17, 15) is 4.79 Å². The Labute approximate surface area is 97.0 Å². The Morgan fingerprint density at radius 2 is 2.19 bits per heavy atom. The first-order valence-corrected chi connectivity index (χ1v) is 6.35. The van der Waals surface area contributed by atoms with Crippen LogP contribution in [-0.4, -0.2) is 48.2 Å². The summed E-state index contributed by atoms with van der Waals surface area (Å²) in [4.78, 5) is 13.4. The number of likely N-dealkylation sites (tertiary alicyclic amines) is 1. The van der Waals surface area contributed by atoms with Crippen molar-refractivity contribution in [3.8, 4) is 0 Å².